The van der Waals surface area contributed by atoms with Gasteiger partial charge in [-0.25, -0.2) is 4.79 Å². The van der Waals surface area contributed by atoms with E-state index in [2.05, 4.69) is 5.32 Å². The average molecular weight is 291 g/mol. The molecular weight excluding hydrogens is 279 g/mol. The molecule has 0 aromatic heterocycles. The van der Waals surface area contributed by atoms with Gasteiger partial charge >= 0.3 is 12.1 Å². The maximum atomic E-state index is 12.3. The summed E-state index contributed by atoms with van der Waals surface area (Å²) in [7, 11) is 0. The zero-order valence-corrected chi connectivity index (χ0v) is 10.1. The third kappa shape index (κ3) is 4.54. The van der Waals surface area contributed by atoms with E-state index in [1.165, 1.54) is 0 Å². The van der Waals surface area contributed by atoms with Crippen LogP contribution in [0.5, 0.6) is 0 Å². The number of rotatable bonds is 5. The Morgan fingerprint density at radius 2 is 1.75 bits per heavy atom. The number of carbonyl (C=O) groups is 2. The highest BCUT2D eigenvalue weighted by atomic mass is 19.4. The second-order valence-corrected chi connectivity index (χ2v) is 3.97. The molecule has 0 spiro atoms. The fraction of sp³-hybridized carbons (Fsp3) is 0.333. The molecule has 0 aliphatic rings. The Bertz CT molecular complexity index is 484. The third-order valence-electron chi connectivity index (χ3n) is 2.46. The minimum absolute atomic E-state index is 0.0165. The number of nitrogens with one attached hydrogen (secondary N) is 1. The summed E-state index contributed by atoms with van der Waals surface area (Å²) in [5.41, 5.74) is -0.849. The minimum Gasteiger partial charge on any atom is -0.479 e. The number of halogens is 3. The highest BCUT2D eigenvalue weighted by Gasteiger charge is 2.30. The number of alkyl halides is 3. The van der Waals surface area contributed by atoms with Crippen LogP contribution in [-0.4, -0.2) is 34.7 Å². The Morgan fingerprint density at radius 1 is 1.20 bits per heavy atom. The molecule has 0 aliphatic carbocycles. The average Bonchev–Trinajstić information content (AvgIpc) is 2.37. The highest BCUT2D eigenvalue weighted by Crippen LogP contribution is 2.28. The molecule has 0 radical (unpaired) electrons. The molecule has 1 rings (SSSR count). The first-order valence-electron chi connectivity index (χ1n) is 5.58. The number of amides is 1. The van der Waals surface area contributed by atoms with Crippen molar-refractivity contribution in [1.82, 2.24) is 5.32 Å². The molecule has 0 fully saturated rings. The van der Waals surface area contributed by atoms with Crippen molar-refractivity contribution in [1.29, 1.82) is 0 Å². The van der Waals surface area contributed by atoms with Gasteiger partial charge in [0.05, 0.1) is 5.56 Å². The summed E-state index contributed by atoms with van der Waals surface area (Å²) in [5, 5.41) is 19.7. The Kier molecular flexibility index (Phi) is 5.09. The zero-order chi connectivity index (χ0) is 15.3. The lowest BCUT2D eigenvalue weighted by Gasteiger charge is -2.09. The lowest BCUT2D eigenvalue weighted by atomic mass is 10.1. The van der Waals surface area contributed by atoms with Gasteiger partial charge in [-0.2, -0.15) is 13.2 Å². The second kappa shape index (κ2) is 6.38. The standard InChI is InChI=1S/C12H12F3NO4/c13-12(14,15)8-3-1-7(2-4-8)10(18)16-6-5-9(17)11(19)20/h1-4,9,17H,5-6H2,(H,16,18)(H,19,20)/t9-/m0/s1. The fourth-order valence-corrected chi connectivity index (χ4v) is 1.36. The SMILES string of the molecule is O=C(NCC[C@H](O)C(=O)O)c1ccc(C(F)(F)F)cc1. The van der Waals surface area contributed by atoms with Crippen LogP contribution in [0.15, 0.2) is 24.3 Å². The maximum Gasteiger partial charge on any atom is 0.416 e. The summed E-state index contributed by atoms with van der Waals surface area (Å²) in [6.45, 7) is -0.104. The van der Waals surface area contributed by atoms with Gasteiger partial charge in [-0.05, 0) is 24.3 Å². The molecule has 0 saturated carbocycles. The first-order valence-corrected chi connectivity index (χ1v) is 5.58. The molecule has 5 nitrogen and oxygen atoms in total. The molecule has 0 heterocycles. The number of aliphatic hydroxyl groups excluding tert-OH is 1. The van der Waals surface area contributed by atoms with E-state index in [0.717, 1.165) is 24.3 Å². The van der Waals surface area contributed by atoms with Crippen molar-refractivity contribution in [3.8, 4) is 0 Å². The number of carboxylic acids is 1. The van der Waals surface area contributed by atoms with Crippen LogP contribution >= 0.6 is 0 Å². The lowest BCUT2D eigenvalue weighted by Crippen LogP contribution is -2.30. The van der Waals surface area contributed by atoms with Crippen LogP contribution in [-0.2, 0) is 11.0 Å². The van der Waals surface area contributed by atoms with Crippen LogP contribution in [0.25, 0.3) is 0 Å². The maximum absolute atomic E-state index is 12.3. The predicted octanol–water partition coefficient (Wildman–Crippen LogP) is 1.27. The number of aliphatic hydroxyl groups is 1. The number of benzene rings is 1. The molecule has 3 N–H and O–H groups in total. The van der Waals surface area contributed by atoms with Crippen molar-refractivity contribution in [2.75, 3.05) is 6.54 Å². The first-order chi connectivity index (χ1) is 9.21. The van der Waals surface area contributed by atoms with E-state index in [0.29, 0.717) is 0 Å². The molecule has 0 aliphatic heterocycles. The molecule has 20 heavy (non-hydrogen) atoms. The van der Waals surface area contributed by atoms with Crippen molar-refractivity contribution in [2.45, 2.75) is 18.7 Å². The van der Waals surface area contributed by atoms with Gasteiger partial charge in [-0.15, -0.1) is 0 Å². The number of carboxylic acid groups (broad SMARTS) is 1. The molecule has 0 bridgehead atoms. The van der Waals surface area contributed by atoms with Gasteiger partial charge in [-0.3, -0.25) is 4.79 Å². The van der Waals surface area contributed by atoms with E-state index >= 15 is 0 Å². The van der Waals surface area contributed by atoms with Crippen LogP contribution in [0.1, 0.15) is 22.3 Å². The first kappa shape index (κ1) is 16.0. The van der Waals surface area contributed by atoms with Crippen LogP contribution in [0, 0.1) is 0 Å². The number of hydrogen-bond acceptors (Lipinski definition) is 3. The van der Waals surface area contributed by atoms with Gasteiger partial charge < -0.3 is 15.5 Å². The van der Waals surface area contributed by atoms with E-state index in [1.54, 1.807) is 0 Å². The number of carbonyl (C=O) groups excluding carboxylic acids is 1. The molecule has 1 amide bonds. The summed E-state index contributed by atoms with van der Waals surface area (Å²) in [4.78, 5) is 21.8. The van der Waals surface area contributed by atoms with Gasteiger partial charge in [0.15, 0.2) is 6.10 Å². The topological polar surface area (TPSA) is 86.6 Å². The monoisotopic (exact) mass is 291 g/mol. The zero-order valence-electron chi connectivity index (χ0n) is 10.1. The molecule has 1 aromatic carbocycles. The van der Waals surface area contributed by atoms with Crippen LogP contribution in [0.2, 0.25) is 0 Å². The molecular formula is C12H12F3NO4. The highest BCUT2D eigenvalue weighted by molar-refractivity contribution is 5.94. The van der Waals surface area contributed by atoms with Gasteiger partial charge in [-0.1, -0.05) is 0 Å². The Hall–Kier alpha value is -2.09. The van der Waals surface area contributed by atoms with Gasteiger partial charge in [0.25, 0.3) is 5.91 Å². The summed E-state index contributed by atoms with van der Waals surface area (Å²) >= 11 is 0. The van der Waals surface area contributed by atoms with E-state index < -0.39 is 29.7 Å². The van der Waals surface area contributed by atoms with Crippen molar-refractivity contribution in [3.05, 3.63) is 35.4 Å². The van der Waals surface area contributed by atoms with E-state index in [9.17, 15) is 22.8 Å². The van der Waals surface area contributed by atoms with E-state index in [1.807, 2.05) is 0 Å². The van der Waals surface area contributed by atoms with Crippen molar-refractivity contribution < 1.29 is 33.0 Å². The Labute approximate surface area is 112 Å². The number of aliphatic carboxylic acids is 1. The Balaban J connectivity index is 2.54. The second-order valence-electron chi connectivity index (χ2n) is 3.97. The molecule has 0 saturated heterocycles. The van der Waals surface area contributed by atoms with Crippen LogP contribution in [0.3, 0.4) is 0 Å². The minimum atomic E-state index is -4.47. The molecule has 110 valence electrons. The predicted molar refractivity (Wildman–Crippen MR) is 62.0 cm³/mol. The van der Waals surface area contributed by atoms with Crippen molar-refractivity contribution >= 4 is 11.9 Å². The lowest BCUT2D eigenvalue weighted by molar-refractivity contribution is -0.146. The largest absolute Gasteiger partial charge is 0.479 e. The molecule has 1 aromatic rings. The van der Waals surface area contributed by atoms with Crippen LogP contribution < -0.4 is 5.32 Å². The van der Waals surface area contributed by atoms with E-state index in [-0.39, 0.29) is 18.5 Å². The molecule has 1 atom stereocenters. The van der Waals surface area contributed by atoms with Gasteiger partial charge in [0, 0.05) is 18.5 Å². The third-order valence-corrected chi connectivity index (χ3v) is 2.46. The van der Waals surface area contributed by atoms with Gasteiger partial charge in [0.1, 0.15) is 0 Å². The van der Waals surface area contributed by atoms with Crippen LogP contribution in [0.4, 0.5) is 13.2 Å². The molecule has 0 unspecified atom stereocenters. The Morgan fingerprint density at radius 3 is 2.20 bits per heavy atom. The van der Waals surface area contributed by atoms with Crippen molar-refractivity contribution in [2.24, 2.45) is 0 Å². The van der Waals surface area contributed by atoms with E-state index in [4.69, 9.17) is 10.2 Å². The summed E-state index contributed by atoms with van der Waals surface area (Å²) in [5.74, 6) is -2.05. The fourth-order valence-electron chi connectivity index (χ4n) is 1.36. The summed E-state index contributed by atoms with van der Waals surface area (Å²) in [6, 6.07) is 3.60. The quantitative estimate of drug-likeness (QED) is 0.762. The normalized spacial score (nSPS) is 12.8. The summed E-state index contributed by atoms with van der Waals surface area (Å²) < 4.78 is 36.9. The summed E-state index contributed by atoms with van der Waals surface area (Å²) in [6.07, 6.45) is -6.26. The molecule has 8 heteroatoms. The number of hydrogen-bond donors (Lipinski definition) is 3. The van der Waals surface area contributed by atoms with Gasteiger partial charge in [0.2, 0.25) is 0 Å². The van der Waals surface area contributed by atoms with Crippen molar-refractivity contribution in [3.63, 3.8) is 0 Å². The smallest absolute Gasteiger partial charge is 0.416 e.